The number of halogens is 2. The maximum Gasteiger partial charge on any atom is 0.219 e. The van der Waals surface area contributed by atoms with E-state index in [1.807, 2.05) is 4.57 Å². The van der Waals surface area contributed by atoms with E-state index in [-0.39, 0.29) is 18.1 Å². The van der Waals surface area contributed by atoms with Crippen LogP contribution in [-0.2, 0) is 17.1 Å². The summed E-state index contributed by atoms with van der Waals surface area (Å²) in [5.74, 6) is 1.19. The van der Waals surface area contributed by atoms with E-state index < -0.39 is 0 Å². The minimum absolute atomic E-state index is 0.253. The van der Waals surface area contributed by atoms with Crippen LogP contribution in [0.3, 0.4) is 0 Å². The lowest BCUT2D eigenvalue weighted by molar-refractivity contribution is -0.118. The summed E-state index contributed by atoms with van der Waals surface area (Å²) in [5, 5.41) is 9.60. The SMILES string of the molecule is NC(=O)CCn1c(SCc2ccc(F)cc2Cl)nnc1C1CC1. The first-order valence-corrected chi connectivity index (χ1v) is 8.69. The number of primary amides is 1. The van der Waals surface area contributed by atoms with Crippen molar-refractivity contribution >= 4 is 29.3 Å². The molecule has 1 saturated carbocycles. The lowest BCUT2D eigenvalue weighted by Gasteiger charge is -2.09. The third-order valence-corrected chi connectivity index (χ3v) is 5.01. The Morgan fingerprint density at radius 3 is 2.87 bits per heavy atom. The zero-order valence-corrected chi connectivity index (χ0v) is 13.9. The zero-order valence-electron chi connectivity index (χ0n) is 12.3. The molecular formula is C15H16ClFN4OS. The highest BCUT2D eigenvalue weighted by atomic mass is 35.5. The van der Waals surface area contributed by atoms with Crippen molar-refractivity contribution in [2.75, 3.05) is 0 Å². The van der Waals surface area contributed by atoms with Crippen molar-refractivity contribution in [2.24, 2.45) is 5.73 Å². The Morgan fingerprint density at radius 2 is 2.22 bits per heavy atom. The number of rotatable bonds is 7. The van der Waals surface area contributed by atoms with Crippen molar-refractivity contribution in [3.63, 3.8) is 0 Å². The Kier molecular flexibility index (Phi) is 4.87. The summed E-state index contributed by atoms with van der Waals surface area (Å²) < 4.78 is 15.1. The van der Waals surface area contributed by atoms with Gasteiger partial charge in [0.1, 0.15) is 11.6 Å². The molecule has 5 nitrogen and oxygen atoms in total. The molecule has 0 aliphatic heterocycles. The smallest absolute Gasteiger partial charge is 0.219 e. The summed E-state index contributed by atoms with van der Waals surface area (Å²) in [6.45, 7) is 0.480. The van der Waals surface area contributed by atoms with Crippen molar-refractivity contribution in [3.8, 4) is 0 Å². The molecule has 1 aliphatic rings. The van der Waals surface area contributed by atoms with Crippen molar-refractivity contribution < 1.29 is 9.18 Å². The molecule has 122 valence electrons. The molecular weight excluding hydrogens is 339 g/mol. The van der Waals surface area contributed by atoms with Crippen LogP contribution in [-0.4, -0.2) is 20.7 Å². The fraction of sp³-hybridized carbons (Fsp3) is 0.400. The van der Waals surface area contributed by atoms with E-state index in [4.69, 9.17) is 17.3 Å². The van der Waals surface area contributed by atoms with Gasteiger partial charge in [-0.2, -0.15) is 0 Å². The first-order chi connectivity index (χ1) is 11.0. The zero-order chi connectivity index (χ0) is 16.4. The van der Waals surface area contributed by atoms with Gasteiger partial charge in [-0.25, -0.2) is 4.39 Å². The van der Waals surface area contributed by atoms with Gasteiger partial charge in [-0.05, 0) is 30.5 Å². The van der Waals surface area contributed by atoms with Gasteiger partial charge in [0.05, 0.1) is 0 Å². The maximum absolute atomic E-state index is 13.1. The van der Waals surface area contributed by atoms with Gasteiger partial charge in [0.15, 0.2) is 5.16 Å². The third kappa shape index (κ3) is 4.03. The van der Waals surface area contributed by atoms with Crippen LogP contribution < -0.4 is 5.73 Å². The van der Waals surface area contributed by atoms with Crippen molar-refractivity contribution in [3.05, 3.63) is 40.4 Å². The van der Waals surface area contributed by atoms with Gasteiger partial charge in [-0.15, -0.1) is 10.2 Å². The van der Waals surface area contributed by atoms with Gasteiger partial charge < -0.3 is 10.3 Å². The molecule has 1 amide bonds. The number of amides is 1. The summed E-state index contributed by atoms with van der Waals surface area (Å²) in [5.41, 5.74) is 6.08. The molecule has 1 aliphatic carbocycles. The molecule has 1 aromatic heterocycles. The molecule has 8 heteroatoms. The van der Waals surface area contributed by atoms with Crippen molar-refractivity contribution in [1.29, 1.82) is 0 Å². The molecule has 2 N–H and O–H groups in total. The highest BCUT2D eigenvalue weighted by Crippen LogP contribution is 2.40. The van der Waals surface area contributed by atoms with Crippen LogP contribution >= 0.6 is 23.4 Å². The largest absolute Gasteiger partial charge is 0.370 e. The van der Waals surface area contributed by atoms with E-state index in [1.54, 1.807) is 6.07 Å². The fourth-order valence-electron chi connectivity index (χ4n) is 2.26. The Balaban J connectivity index is 1.75. The first-order valence-electron chi connectivity index (χ1n) is 7.32. The second-order valence-electron chi connectivity index (χ2n) is 5.51. The number of carbonyl (C=O) groups excluding carboxylic acids is 1. The monoisotopic (exact) mass is 354 g/mol. The van der Waals surface area contributed by atoms with Gasteiger partial charge >= 0.3 is 0 Å². The molecule has 0 saturated heterocycles. The molecule has 0 spiro atoms. The van der Waals surface area contributed by atoms with Gasteiger partial charge in [0.25, 0.3) is 0 Å². The second kappa shape index (κ2) is 6.88. The van der Waals surface area contributed by atoms with Gasteiger partial charge in [-0.3, -0.25) is 4.79 Å². The van der Waals surface area contributed by atoms with E-state index in [0.29, 0.717) is 23.2 Å². The van der Waals surface area contributed by atoms with E-state index in [1.165, 1.54) is 23.9 Å². The molecule has 0 radical (unpaired) electrons. The second-order valence-corrected chi connectivity index (χ2v) is 6.86. The number of carbonyl (C=O) groups is 1. The number of benzene rings is 1. The molecule has 0 unspecified atom stereocenters. The summed E-state index contributed by atoms with van der Waals surface area (Å²) in [6.07, 6.45) is 2.45. The Hall–Kier alpha value is -1.60. The van der Waals surface area contributed by atoms with Crippen LogP contribution in [0.15, 0.2) is 23.4 Å². The number of nitrogens with zero attached hydrogens (tertiary/aromatic N) is 3. The van der Waals surface area contributed by atoms with Crippen LogP contribution in [0.2, 0.25) is 5.02 Å². The Bertz CT molecular complexity index is 732. The van der Waals surface area contributed by atoms with E-state index in [2.05, 4.69) is 10.2 Å². The molecule has 1 fully saturated rings. The lowest BCUT2D eigenvalue weighted by Crippen LogP contribution is -2.15. The average Bonchev–Trinajstić information content (AvgIpc) is 3.25. The quantitative estimate of drug-likeness (QED) is 0.775. The summed E-state index contributed by atoms with van der Waals surface area (Å²) >= 11 is 7.51. The Morgan fingerprint density at radius 1 is 1.43 bits per heavy atom. The standard InChI is InChI=1S/C15H16ClFN4OS/c16-12-7-11(17)4-3-10(12)8-23-15-20-19-14(9-1-2-9)21(15)6-5-13(18)22/h3-4,7,9H,1-2,5-6,8H2,(H2,18,22). The predicted molar refractivity (Wildman–Crippen MR) is 86.8 cm³/mol. The molecule has 1 heterocycles. The summed E-state index contributed by atoms with van der Waals surface area (Å²) in [6, 6.07) is 4.34. The molecule has 1 aromatic carbocycles. The van der Waals surface area contributed by atoms with E-state index >= 15 is 0 Å². The van der Waals surface area contributed by atoms with Gasteiger partial charge in [0.2, 0.25) is 5.91 Å². The van der Waals surface area contributed by atoms with Crippen molar-refractivity contribution in [1.82, 2.24) is 14.8 Å². The maximum atomic E-state index is 13.1. The lowest BCUT2D eigenvalue weighted by atomic mass is 10.2. The van der Waals surface area contributed by atoms with E-state index in [9.17, 15) is 9.18 Å². The van der Waals surface area contributed by atoms with Crippen LogP contribution in [0.5, 0.6) is 0 Å². The van der Waals surface area contributed by atoms with Gasteiger partial charge in [0, 0.05) is 29.7 Å². The molecule has 23 heavy (non-hydrogen) atoms. The molecule has 3 rings (SSSR count). The number of nitrogens with two attached hydrogens (primary N) is 1. The van der Waals surface area contributed by atoms with Crippen LogP contribution in [0.4, 0.5) is 4.39 Å². The van der Waals surface area contributed by atoms with Gasteiger partial charge in [-0.1, -0.05) is 29.4 Å². The summed E-state index contributed by atoms with van der Waals surface area (Å²) in [4.78, 5) is 11.1. The van der Waals surface area contributed by atoms with Crippen LogP contribution in [0.25, 0.3) is 0 Å². The number of hydrogen-bond acceptors (Lipinski definition) is 4. The number of hydrogen-bond donors (Lipinski definition) is 1. The molecule has 0 bridgehead atoms. The third-order valence-electron chi connectivity index (χ3n) is 3.64. The summed E-state index contributed by atoms with van der Waals surface area (Å²) in [7, 11) is 0. The Labute approximate surface area is 142 Å². The highest BCUT2D eigenvalue weighted by Gasteiger charge is 2.30. The van der Waals surface area contributed by atoms with Crippen LogP contribution in [0, 0.1) is 5.82 Å². The minimum atomic E-state index is -0.357. The van der Waals surface area contributed by atoms with E-state index in [0.717, 1.165) is 29.4 Å². The molecule has 2 aromatic rings. The number of thioether (sulfide) groups is 1. The minimum Gasteiger partial charge on any atom is -0.370 e. The topological polar surface area (TPSA) is 73.8 Å². The first kappa shape index (κ1) is 16.3. The van der Waals surface area contributed by atoms with Crippen LogP contribution in [0.1, 0.15) is 36.6 Å². The van der Waals surface area contributed by atoms with Crippen molar-refractivity contribution in [2.45, 2.75) is 42.6 Å². The average molecular weight is 355 g/mol. The highest BCUT2D eigenvalue weighted by molar-refractivity contribution is 7.98. The number of aromatic nitrogens is 3. The molecule has 0 atom stereocenters. The predicted octanol–water partition coefficient (Wildman–Crippen LogP) is 3.12. The normalized spacial score (nSPS) is 14.2. The fourth-order valence-corrected chi connectivity index (χ4v) is 3.55.